The van der Waals surface area contributed by atoms with Gasteiger partial charge in [0.15, 0.2) is 0 Å². The van der Waals surface area contributed by atoms with E-state index < -0.39 is 12.0 Å². The third-order valence-corrected chi connectivity index (χ3v) is 3.19. The number of benzene rings is 1. The summed E-state index contributed by atoms with van der Waals surface area (Å²) in [5.41, 5.74) is 1.62. The molecule has 2 aromatic rings. The third kappa shape index (κ3) is 3.88. The highest BCUT2D eigenvalue weighted by molar-refractivity contribution is 5.73. The van der Waals surface area contributed by atoms with Gasteiger partial charge < -0.3 is 5.11 Å². The first-order chi connectivity index (χ1) is 9.97. The number of carboxylic acids is 1. The van der Waals surface area contributed by atoms with Crippen molar-refractivity contribution in [1.29, 1.82) is 0 Å². The van der Waals surface area contributed by atoms with Crippen molar-refractivity contribution in [3.05, 3.63) is 48.0 Å². The predicted octanol–water partition coefficient (Wildman–Crippen LogP) is 2.21. The summed E-state index contributed by atoms with van der Waals surface area (Å²) in [5, 5.41) is 16.3. The van der Waals surface area contributed by atoms with E-state index in [4.69, 9.17) is 5.11 Å². The maximum absolute atomic E-state index is 12.9. The van der Waals surface area contributed by atoms with Crippen LogP contribution in [0.15, 0.2) is 36.7 Å². The molecule has 112 valence electrons. The number of halogens is 1. The van der Waals surface area contributed by atoms with Gasteiger partial charge in [-0.15, -0.1) is 0 Å². The Morgan fingerprint density at radius 1 is 1.38 bits per heavy atom. The summed E-state index contributed by atoms with van der Waals surface area (Å²) in [7, 11) is 0. The predicted molar refractivity (Wildman–Crippen MR) is 76.6 cm³/mol. The summed E-state index contributed by atoms with van der Waals surface area (Å²) in [6, 6.07) is 5.41. The number of nitrogens with one attached hydrogen (secondary N) is 1. The standard InChI is InChI=1S/C15H18FN3O2/c1-10(2)14(15(20)21)17-7-11-8-18-19(9-11)13-5-3-12(16)4-6-13/h3-6,8-10,14,17H,7H2,1-2H3,(H,20,21)/t14-/m1/s1. The van der Waals surface area contributed by atoms with Crippen molar-refractivity contribution in [3.63, 3.8) is 0 Å². The van der Waals surface area contributed by atoms with Gasteiger partial charge in [0.25, 0.3) is 0 Å². The molecule has 2 N–H and O–H groups in total. The smallest absolute Gasteiger partial charge is 0.320 e. The summed E-state index contributed by atoms with van der Waals surface area (Å²) in [6.45, 7) is 4.12. The van der Waals surface area contributed by atoms with Gasteiger partial charge in [-0.3, -0.25) is 10.1 Å². The fraction of sp³-hybridized carbons (Fsp3) is 0.333. The largest absolute Gasteiger partial charge is 0.480 e. The summed E-state index contributed by atoms with van der Waals surface area (Å²) in [5.74, 6) is -1.17. The Labute approximate surface area is 122 Å². The first-order valence-electron chi connectivity index (χ1n) is 6.73. The molecule has 1 aromatic carbocycles. The van der Waals surface area contributed by atoms with Crippen molar-refractivity contribution in [3.8, 4) is 5.69 Å². The van der Waals surface area contributed by atoms with Crippen molar-refractivity contribution in [2.45, 2.75) is 26.4 Å². The Kier molecular flexibility index (Phi) is 4.70. The zero-order valence-corrected chi connectivity index (χ0v) is 12.0. The maximum atomic E-state index is 12.9. The number of rotatable bonds is 6. The summed E-state index contributed by atoms with van der Waals surface area (Å²) >= 11 is 0. The molecular formula is C15H18FN3O2. The number of carboxylic acid groups (broad SMARTS) is 1. The molecular weight excluding hydrogens is 273 g/mol. The van der Waals surface area contributed by atoms with Crippen LogP contribution in [-0.2, 0) is 11.3 Å². The molecule has 0 bridgehead atoms. The van der Waals surface area contributed by atoms with E-state index in [1.54, 1.807) is 29.2 Å². The number of hydrogen-bond acceptors (Lipinski definition) is 3. The first-order valence-corrected chi connectivity index (χ1v) is 6.73. The van der Waals surface area contributed by atoms with Gasteiger partial charge >= 0.3 is 5.97 Å². The Bertz CT molecular complexity index is 608. The lowest BCUT2D eigenvalue weighted by Gasteiger charge is -2.17. The Morgan fingerprint density at radius 2 is 2.05 bits per heavy atom. The molecule has 0 amide bonds. The quantitative estimate of drug-likeness (QED) is 0.856. The average molecular weight is 291 g/mol. The second-order valence-corrected chi connectivity index (χ2v) is 5.21. The van der Waals surface area contributed by atoms with E-state index >= 15 is 0 Å². The molecule has 21 heavy (non-hydrogen) atoms. The van der Waals surface area contributed by atoms with Crippen LogP contribution in [0.25, 0.3) is 5.69 Å². The third-order valence-electron chi connectivity index (χ3n) is 3.19. The number of aliphatic carboxylic acids is 1. The molecule has 1 atom stereocenters. The fourth-order valence-electron chi connectivity index (χ4n) is 2.02. The molecule has 0 aliphatic heterocycles. The van der Waals surface area contributed by atoms with Crippen LogP contribution in [0.5, 0.6) is 0 Å². The van der Waals surface area contributed by atoms with E-state index in [0.717, 1.165) is 11.3 Å². The van der Waals surface area contributed by atoms with E-state index in [0.29, 0.717) is 6.54 Å². The van der Waals surface area contributed by atoms with E-state index in [1.807, 2.05) is 13.8 Å². The minimum absolute atomic E-state index is 0.00496. The minimum Gasteiger partial charge on any atom is -0.480 e. The van der Waals surface area contributed by atoms with Gasteiger partial charge in [-0.05, 0) is 30.2 Å². The first kappa shape index (κ1) is 15.2. The topological polar surface area (TPSA) is 67.2 Å². The molecule has 1 heterocycles. The van der Waals surface area contributed by atoms with Gasteiger partial charge in [0.2, 0.25) is 0 Å². The Balaban J connectivity index is 2.03. The van der Waals surface area contributed by atoms with Gasteiger partial charge in [0.1, 0.15) is 11.9 Å². The zero-order valence-electron chi connectivity index (χ0n) is 12.0. The van der Waals surface area contributed by atoms with Crippen molar-refractivity contribution < 1.29 is 14.3 Å². The van der Waals surface area contributed by atoms with Crippen LogP contribution >= 0.6 is 0 Å². The van der Waals surface area contributed by atoms with Crippen molar-refractivity contribution >= 4 is 5.97 Å². The van der Waals surface area contributed by atoms with Gasteiger partial charge in [0.05, 0.1) is 11.9 Å². The van der Waals surface area contributed by atoms with Gasteiger partial charge in [-0.1, -0.05) is 13.8 Å². The van der Waals surface area contributed by atoms with Gasteiger partial charge in [-0.25, -0.2) is 9.07 Å². The lowest BCUT2D eigenvalue weighted by atomic mass is 10.0. The van der Waals surface area contributed by atoms with E-state index in [9.17, 15) is 9.18 Å². The van der Waals surface area contributed by atoms with E-state index in [2.05, 4.69) is 10.4 Å². The molecule has 1 aromatic heterocycles. The van der Waals surface area contributed by atoms with E-state index in [1.165, 1.54) is 12.1 Å². The summed E-state index contributed by atoms with van der Waals surface area (Å²) in [6.07, 6.45) is 3.45. The highest BCUT2D eigenvalue weighted by Crippen LogP contribution is 2.10. The molecule has 0 unspecified atom stereocenters. The van der Waals surface area contributed by atoms with Crippen molar-refractivity contribution in [2.24, 2.45) is 5.92 Å². The Hall–Kier alpha value is -2.21. The Morgan fingerprint density at radius 3 is 2.62 bits per heavy atom. The maximum Gasteiger partial charge on any atom is 0.320 e. The van der Waals surface area contributed by atoms with Gasteiger partial charge in [-0.2, -0.15) is 5.10 Å². The van der Waals surface area contributed by atoms with Crippen LogP contribution in [0.1, 0.15) is 19.4 Å². The number of nitrogens with zero attached hydrogens (tertiary/aromatic N) is 2. The lowest BCUT2D eigenvalue weighted by molar-refractivity contribution is -0.140. The molecule has 2 rings (SSSR count). The van der Waals surface area contributed by atoms with Crippen LogP contribution in [0, 0.1) is 11.7 Å². The molecule has 0 saturated carbocycles. The summed E-state index contributed by atoms with van der Waals surface area (Å²) in [4.78, 5) is 11.1. The molecule has 6 heteroatoms. The molecule has 0 aliphatic carbocycles. The van der Waals surface area contributed by atoms with Crippen LogP contribution in [-0.4, -0.2) is 26.9 Å². The number of hydrogen-bond donors (Lipinski definition) is 2. The molecule has 5 nitrogen and oxygen atoms in total. The van der Waals surface area contributed by atoms with Crippen LogP contribution in [0.4, 0.5) is 4.39 Å². The molecule has 0 aliphatic rings. The van der Waals surface area contributed by atoms with E-state index in [-0.39, 0.29) is 11.7 Å². The van der Waals surface area contributed by atoms with Crippen LogP contribution < -0.4 is 5.32 Å². The number of carbonyl (C=O) groups is 1. The van der Waals surface area contributed by atoms with Crippen LogP contribution in [0.2, 0.25) is 0 Å². The highest BCUT2D eigenvalue weighted by Gasteiger charge is 2.20. The second kappa shape index (κ2) is 6.49. The lowest BCUT2D eigenvalue weighted by Crippen LogP contribution is -2.40. The summed E-state index contributed by atoms with van der Waals surface area (Å²) < 4.78 is 14.5. The zero-order chi connectivity index (χ0) is 15.4. The number of aromatic nitrogens is 2. The monoisotopic (exact) mass is 291 g/mol. The minimum atomic E-state index is -0.865. The molecule has 0 saturated heterocycles. The average Bonchev–Trinajstić information content (AvgIpc) is 2.87. The second-order valence-electron chi connectivity index (χ2n) is 5.21. The van der Waals surface area contributed by atoms with Gasteiger partial charge in [0, 0.05) is 18.3 Å². The molecule has 0 spiro atoms. The SMILES string of the molecule is CC(C)[C@@H](NCc1cnn(-c2ccc(F)cc2)c1)C(=O)O. The highest BCUT2D eigenvalue weighted by atomic mass is 19.1. The van der Waals surface area contributed by atoms with Crippen LogP contribution in [0.3, 0.4) is 0 Å². The normalized spacial score (nSPS) is 12.6. The fourth-order valence-corrected chi connectivity index (χ4v) is 2.02. The van der Waals surface area contributed by atoms with Crippen molar-refractivity contribution in [1.82, 2.24) is 15.1 Å². The van der Waals surface area contributed by atoms with Crippen molar-refractivity contribution in [2.75, 3.05) is 0 Å². The molecule has 0 fully saturated rings. The molecule has 0 radical (unpaired) electrons.